The topological polar surface area (TPSA) is 50.8 Å². The van der Waals surface area contributed by atoms with Crippen molar-refractivity contribution in [3.8, 4) is 5.75 Å². The summed E-state index contributed by atoms with van der Waals surface area (Å²) in [6.07, 6.45) is 0. The van der Waals surface area contributed by atoms with E-state index in [1.54, 1.807) is 0 Å². The Balaban J connectivity index is 2.44. The predicted octanol–water partition coefficient (Wildman–Crippen LogP) is 2.34. The molecule has 0 saturated heterocycles. The molecule has 4 heteroatoms. The van der Waals surface area contributed by atoms with Gasteiger partial charge in [-0.05, 0) is 51.0 Å². The van der Waals surface area contributed by atoms with Crippen molar-refractivity contribution in [1.82, 2.24) is 4.90 Å². The van der Waals surface area contributed by atoms with Crippen molar-refractivity contribution in [1.29, 1.82) is 0 Å². The van der Waals surface area contributed by atoms with Crippen LogP contribution >= 0.6 is 0 Å². The van der Waals surface area contributed by atoms with Gasteiger partial charge in [0.05, 0.1) is 6.54 Å². The highest BCUT2D eigenvalue weighted by molar-refractivity contribution is 5.77. The van der Waals surface area contributed by atoms with Crippen molar-refractivity contribution < 1.29 is 4.74 Å². The fourth-order valence-electron chi connectivity index (χ4n) is 1.99. The number of hydrogen-bond acceptors (Lipinski definition) is 2. The summed E-state index contributed by atoms with van der Waals surface area (Å²) >= 11 is 0. The van der Waals surface area contributed by atoms with Gasteiger partial charge < -0.3 is 15.4 Å². The van der Waals surface area contributed by atoms with Gasteiger partial charge in [0, 0.05) is 13.1 Å². The van der Waals surface area contributed by atoms with E-state index in [2.05, 4.69) is 38.8 Å². The Hall–Kier alpha value is -1.71. The standard InChI is InChI=1S/C15H25N3O/c1-5-18(6-2)15(16)17-7-8-19-14-10-12(3)9-13(4)11-14/h9-11H,5-8H2,1-4H3,(H2,16,17). The molecule has 0 aliphatic heterocycles. The minimum Gasteiger partial charge on any atom is -0.492 e. The average Bonchev–Trinajstić information content (AvgIpc) is 2.35. The van der Waals surface area contributed by atoms with Crippen LogP contribution in [0.1, 0.15) is 25.0 Å². The Morgan fingerprint density at radius 3 is 2.26 bits per heavy atom. The second-order valence-corrected chi connectivity index (χ2v) is 4.58. The molecular weight excluding hydrogens is 238 g/mol. The van der Waals surface area contributed by atoms with Gasteiger partial charge in [-0.2, -0.15) is 0 Å². The molecule has 2 N–H and O–H groups in total. The quantitative estimate of drug-likeness (QED) is 0.487. The highest BCUT2D eigenvalue weighted by Crippen LogP contribution is 2.15. The Kier molecular flexibility index (Phi) is 6.19. The summed E-state index contributed by atoms with van der Waals surface area (Å²) in [6, 6.07) is 6.19. The van der Waals surface area contributed by atoms with E-state index in [0.29, 0.717) is 19.1 Å². The first-order chi connectivity index (χ1) is 9.06. The van der Waals surface area contributed by atoms with Crippen LogP contribution in [0, 0.1) is 13.8 Å². The van der Waals surface area contributed by atoms with Crippen LogP contribution in [0.15, 0.2) is 23.2 Å². The monoisotopic (exact) mass is 263 g/mol. The molecule has 106 valence electrons. The zero-order valence-corrected chi connectivity index (χ0v) is 12.4. The molecule has 0 spiro atoms. The molecule has 1 rings (SSSR count). The molecule has 19 heavy (non-hydrogen) atoms. The van der Waals surface area contributed by atoms with Crippen LogP contribution in [-0.4, -0.2) is 37.1 Å². The Morgan fingerprint density at radius 1 is 1.16 bits per heavy atom. The van der Waals surface area contributed by atoms with Gasteiger partial charge >= 0.3 is 0 Å². The zero-order valence-electron chi connectivity index (χ0n) is 12.4. The normalized spacial score (nSPS) is 11.5. The zero-order chi connectivity index (χ0) is 14.3. The van der Waals surface area contributed by atoms with E-state index in [1.807, 2.05) is 17.0 Å². The molecule has 0 saturated carbocycles. The number of hydrogen-bond donors (Lipinski definition) is 1. The number of benzene rings is 1. The Morgan fingerprint density at radius 2 is 1.74 bits per heavy atom. The highest BCUT2D eigenvalue weighted by atomic mass is 16.5. The smallest absolute Gasteiger partial charge is 0.191 e. The number of aryl methyl sites for hydroxylation is 2. The van der Waals surface area contributed by atoms with Crippen molar-refractivity contribution >= 4 is 5.96 Å². The van der Waals surface area contributed by atoms with E-state index in [0.717, 1.165) is 18.8 Å². The summed E-state index contributed by atoms with van der Waals surface area (Å²) < 4.78 is 5.68. The fraction of sp³-hybridized carbons (Fsp3) is 0.533. The van der Waals surface area contributed by atoms with Crippen LogP contribution in [0.5, 0.6) is 5.75 Å². The maximum absolute atomic E-state index is 5.89. The summed E-state index contributed by atoms with van der Waals surface area (Å²) in [5.74, 6) is 1.49. The lowest BCUT2D eigenvalue weighted by atomic mass is 10.1. The Bertz CT molecular complexity index is 405. The molecule has 1 aromatic rings. The van der Waals surface area contributed by atoms with Crippen LogP contribution in [0.2, 0.25) is 0 Å². The third-order valence-electron chi connectivity index (χ3n) is 2.92. The number of rotatable bonds is 6. The van der Waals surface area contributed by atoms with E-state index in [9.17, 15) is 0 Å². The van der Waals surface area contributed by atoms with Gasteiger partial charge in [-0.25, -0.2) is 4.99 Å². The molecule has 0 radical (unpaired) electrons. The number of nitrogens with zero attached hydrogens (tertiary/aromatic N) is 2. The van der Waals surface area contributed by atoms with E-state index >= 15 is 0 Å². The molecule has 0 atom stereocenters. The first kappa shape index (κ1) is 15.3. The fourth-order valence-corrected chi connectivity index (χ4v) is 1.99. The Labute approximate surface area is 116 Å². The first-order valence-electron chi connectivity index (χ1n) is 6.82. The maximum atomic E-state index is 5.89. The molecule has 0 aromatic heterocycles. The lowest BCUT2D eigenvalue weighted by molar-refractivity contribution is 0.327. The summed E-state index contributed by atoms with van der Waals surface area (Å²) in [5, 5.41) is 0. The third-order valence-corrected chi connectivity index (χ3v) is 2.92. The van der Waals surface area contributed by atoms with E-state index in [4.69, 9.17) is 10.5 Å². The summed E-state index contributed by atoms with van der Waals surface area (Å²) in [6.45, 7) is 11.1. The van der Waals surface area contributed by atoms with Gasteiger partial charge in [0.15, 0.2) is 5.96 Å². The highest BCUT2D eigenvalue weighted by Gasteiger charge is 2.01. The lowest BCUT2D eigenvalue weighted by Gasteiger charge is -2.19. The van der Waals surface area contributed by atoms with Gasteiger partial charge in [0.2, 0.25) is 0 Å². The summed E-state index contributed by atoms with van der Waals surface area (Å²) in [4.78, 5) is 6.35. The molecule has 1 aromatic carbocycles. The molecule has 0 fully saturated rings. The van der Waals surface area contributed by atoms with Crippen molar-refractivity contribution in [2.75, 3.05) is 26.2 Å². The second-order valence-electron chi connectivity index (χ2n) is 4.58. The van der Waals surface area contributed by atoms with Gasteiger partial charge in [0.1, 0.15) is 12.4 Å². The van der Waals surface area contributed by atoms with Gasteiger partial charge in [-0.3, -0.25) is 0 Å². The maximum Gasteiger partial charge on any atom is 0.191 e. The molecule has 0 bridgehead atoms. The average molecular weight is 263 g/mol. The second kappa shape index (κ2) is 7.67. The number of guanidine groups is 1. The molecular formula is C15H25N3O. The molecule has 0 aliphatic carbocycles. The van der Waals surface area contributed by atoms with Gasteiger partial charge in [0.25, 0.3) is 0 Å². The van der Waals surface area contributed by atoms with Crippen molar-refractivity contribution in [3.05, 3.63) is 29.3 Å². The number of aliphatic imine (C=N–C) groups is 1. The molecule has 0 unspecified atom stereocenters. The van der Waals surface area contributed by atoms with Crippen LogP contribution in [0.4, 0.5) is 0 Å². The predicted molar refractivity (Wildman–Crippen MR) is 80.8 cm³/mol. The first-order valence-corrected chi connectivity index (χ1v) is 6.82. The molecule has 4 nitrogen and oxygen atoms in total. The molecule has 0 heterocycles. The van der Waals surface area contributed by atoms with E-state index < -0.39 is 0 Å². The number of nitrogens with two attached hydrogens (primary N) is 1. The third kappa shape index (κ3) is 5.20. The van der Waals surface area contributed by atoms with Crippen molar-refractivity contribution in [2.45, 2.75) is 27.7 Å². The minimum atomic E-state index is 0.546. The molecule has 0 amide bonds. The van der Waals surface area contributed by atoms with Crippen LogP contribution in [0.25, 0.3) is 0 Å². The molecule has 0 aliphatic rings. The van der Waals surface area contributed by atoms with Crippen molar-refractivity contribution in [2.24, 2.45) is 10.7 Å². The number of ether oxygens (including phenoxy) is 1. The summed E-state index contributed by atoms with van der Waals surface area (Å²) in [7, 11) is 0. The minimum absolute atomic E-state index is 0.546. The van der Waals surface area contributed by atoms with Gasteiger partial charge in [-0.15, -0.1) is 0 Å². The van der Waals surface area contributed by atoms with Crippen LogP contribution in [0.3, 0.4) is 0 Å². The van der Waals surface area contributed by atoms with Crippen LogP contribution < -0.4 is 10.5 Å². The van der Waals surface area contributed by atoms with Crippen LogP contribution in [-0.2, 0) is 0 Å². The largest absolute Gasteiger partial charge is 0.492 e. The van der Waals surface area contributed by atoms with Crippen molar-refractivity contribution in [3.63, 3.8) is 0 Å². The lowest BCUT2D eigenvalue weighted by Crippen LogP contribution is -2.37. The summed E-state index contributed by atoms with van der Waals surface area (Å²) in [5.41, 5.74) is 8.31. The van der Waals surface area contributed by atoms with E-state index in [1.165, 1.54) is 11.1 Å². The SMILES string of the molecule is CCN(CC)C(N)=NCCOc1cc(C)cc(C)c1. The van der Waals surface area contributed by atoms with E-state index in [-0.39, 0.29) is 0 Å². The van der Waals surface area contributed by atoms with Gasteiger partial charge in [-0.1, -0.05) is 6.07 Å².